The molecule has 5 nitrogen and oxygen atoms in total. The second-order valence-electron chi connectivity index (χ2n) is 4.72. The molecule has 0 radical (unpaired) electrons. The molecule has 0 unspecified atom stereocenters. The van der Waals surface area contributed by atoms with E-state index in [0.29, 0.717) is 17.5 Å². The molecule has 0 spiro atoms. The third-order valence-corrected chi connectivity index (χ3v) is 3.54. The molecule has 0 aliphatic rings. The van der Waals surface area contributed by atoms with E-state index in [1.165, 1.54) is 6.20 Å². The molecule has 1 aromatic heterocycles. The maximum atomic E-state index is 11.2. The molecule has 3 rings (SSSR count). The summed E-state index contributed by atoms with van der Waals surface area (Å²) in [6.07, 6.45) is 1.92. The summed E-state index contributed by atoms with van der Waals surface area (Å²) in [5.41, 5.74) is 1.60. The first kappa shape index (κ1) is 13.2. The van der Waals surface area contributed by atoms with Crippen LogP contribution in [-0.4, -0.2) is 26.0 Å². The van der Waals surface area contributed by atoms with Crippen molar-refractivity contribution in [3.63, 3.8) is 0 Å². The smallest absolute Gasteiger partial charge is 0.339 e. The highest BCUT2D eigenvalue weighted by Crippen LogP contribution is 2.29. The highest BCUT2D eigenvalue weighted by atomic mass is 16.4. The van der Waals surface area contributed by atoms with Gasteiger partial charge in [0.1, 0.15) is 11.3 Å². The van der Waals surface area contributed by atoms with Crippen LogP contribution in [0.3, 0.4) is 0 Å². The van der Waals surface area contributed by atoms with Crippen LogP contribution in [0, 0.1) is 0 Å². The number of carboxylic acids is 1. The molecular formula is C16H14N2O3. The quantitative estimate of drug-likeness (QED) is 0.774. The summed E-state index contributed by atoms with van der Waals surface area (Å²) in [5, 5.41) is 24.9. The highest BCUT2D eigenvalue weighted by molar-refractivity contribution is 5.95. The number of carbonyl (C=O) groups is 1. The van der Waals surface area contributed by atoms with Crippen molar-refractivity contribution in [3.05, 3.63) is 53.9 Å². The summed E-state index contributed by atoms with van der Waals surface area (Å²) in [5.74, 6) is -0.792. The monoisotopic (exact) mass is 282 g/mol. The molecule has 0 fully saturated rings. The number of fused-ring (bicyclic) bond motifs is 1. The van der Waals surface area contributed by atoms with Gasteiger partial charge in [0.2, 0.25) is 0 Å². The van der Waals surface area contributed by atoms with Gasteiger partial charge in [0.05, 0.1) is 17.6 Å². The van der Waals surface area contributed by atoms with Gasteiger partial charge in [0.15, 0.2) is 0 Å². The van der Waals surface area contributed by atoms with Crippen LogP contribution < -0.4 is 0 Å². The van der Waals surface area contributed by atoms with Gasteiger partial charge < -0.3 is 10.2 Å². The number of hydrogen-bond donors (Lipinski definition) is 2. The first-order valence-corrected chi connectivity index (χ1v) is 6.64. The Morgan fingerprint density at radius 2 is 1.90 bits per heavy atom. The number of aromatic hydroxyl groups is 1. The van der Waals surface area contributed by atoms with Gasteiger partial charge in [-0.2, -0.15) is 5.10 Å². The molecule has 2 aromatic carbocycles. The topological polar surface area (TPSA) is 75.3 Å². The Labute approximate surface area is 121 Å². The van der Waals surface area contributed by atoms with E-state index < -0.39 is 5.97 Å². The van der Waals surface area contributed by atoms with E-state index in [1.807, 2.05) is 31.2 Å². The molecule has 21 heavy (non-hydrogen) atoms. The van der Waals surface area contributed by atoms with Gasteiger partial charge in [-0.25, -0.2) is 9.48 Å². The Morgan fingerprint density at radius 3 is 2.62 bits per heavy atom. The molecule has 0 saturated heterocycles. The lowest BCUT2D eigenvalue weighted by molar-refractivity contribution is 0.0695. The average molecular weight is 282 g/mol. The van der Waals surface area contributed by atoms with Crippen molar-refractivity contribution in [2.24, 2.45) is 0 Å². The third kappa shape index (κ3) is 2.03. The molecule has 0 amide bonds. The Morgan fingerprint density at radius 1 is 1.19 bits per heavy atom. The van der Waals surface area contributed by atoms with E-state index in [2.05, 4.69) is 5.10 Å². The van der Waals surface area contributed by atoms with E-state index >= 15 is 0 Å². The summed E-state index contributed by atoms with van der Waals surface area (Å²) in [6, 6.07) is 10.8. The van der Waals surface area contributed by atoms with Crippen molar-refractivity contribution in [1.29, 1.82) is 0 Å². The fourth-order valence-electron chi connectivity index (χ4n) is 2.56. The van der Waals surface area contributed by atoms with E-state index in [-0.39, 0.29) is 11.3 Å². The minimum atomic E-state index is -0.985. The minimum Gasteiger partial charge on any atom is -0.507 e. The number of phenols is 1. The van der Waals surface area contributed by atoms with Crippen molar-refractivity contribution in [2.75, 3.05) is 0 Å². The number of phenolic OH excluding ortho intramolecular Hbond substituents is 1. The molecule has 0 aliphatic carbocycles. The molecular weight excluding hydrogens is 268 g/mol. The van der Waals surface area contributed by atoms with Crippen LogP contribution in [0.25, 0.3) is 16.5 Å². The number of aromatic nitrogens is 2. The zero-order valence-electron chi connectivity index (χ0n) is 11.4. The summed E-state index contributed by atoms with van der Waals surface area (Å²) < 4.78 is 1.63. The lowest BCUT2D eigenvalue weighted by atomic mass is 10.1. The minimum absolute atomic E-state index is 0.193. The van der Waals surface area contributed by atoms with Crippen LogP contribution in [0.5, 0.6) is 5.75 Å². The zero-order chi connectivity index (χ0) is 15.0. The van der Waals surface area contributed by atoms with Gasteiger partial charge in [0.25, 0.3) is 0 Å². The van der Waals surface area contributed by atoms with Crippen LogP contribution in [0.4, 0.5) is 0 Å². The Hall–Kier alpha value is -2.82. The predicted octanol–water partition coefficient (Wildman–Crippen LogP) is 2.99. The molecule has 2 N–H and O–H groups in total. The van der Waals surface area contributed by atoms with Crippen molar-refractivity contribution in [1.82, 2.24) is 9.78 Å². The summed E-state index contributed by atoms with van der Waals surface area (Å²) in [7, 11) is 0. The number of nitrogens with zero attached hydrogens (tertiary/aromatic N) is 2. The molecule has 0 atom stereocenters. The molecule has 0 aliphatic heterocycles. The summed E-state index contributed by atoms with van der Waals surface area (Å²) in [6.45, 7) is 1.89. The number of hydrogen-bond acceptors (Lipinski definition) is 3. The molecule has 1 heterocycles. The molecule has 5 heteroatoms. The van der Waals surface area contributed by atoms with Crippen LogP contribution in [0.2, 0.25) is 0 Å². The van der Waals surface area contributed by atoms with Crippen molar-refractivity contribution in [2.45, 2.75) is 13.3 Å². The molecule has 0 bridgehead atoms. The SMILES string of the molecule is CCc1c(C(=O)O)cnn1-c1cccc2c(O)cccc12. The van der Waals surface area contributed by atoms with Gasteiger partial charge in [-0.1, -0.05) is 31.2 Å². The third-order valence-electron chi connectivity index (χ3n) is 3.54. The van der Waals surface area contributed by atoms with E-state index in [1.54, 1.807) is 16.8 Å². The number of benzene rings is 2. The van der Waals surface area contributed by atoms with Crippen molar-refractivity contribution in [3.8, 4) is 11.4 Å². The number of rotatable bonds is 3. The van der Waals surface area contributed by atoms with Crippen LogP contribution in [0.1, 0.15) is 23.0 Å². The van der Waals surface area contributed by atoms with Crippen molar-refractivity contribution >= 4 is 16.7 Å². The molecule has 106 valence electrons. The maximum absolute atomic E-state index is 11.2. The largest absolute Gasteiger partial charge is 0.507 e. The summed E-state index contributed by atoms with van der Waals surface area (Å²) in [4.78, 5) is 11.2. The maximum Gasteiger partial charge on any atom is 0.339 e. The normalized spacial score (nSPS) is 10.9. The van der Waals surface area contributed by atoms with Gasteiger partial charge in [-0.3, -0.25) is 0 Å². The Bertz CT molecular complexity index is 837. The van der Waals surface area contributed by atoms with Crippen LogP contribution in [0.15, 0.2) is 42.6 Å². The first-order valence-electron chi connectivity index (χ1n) is 6.64. The van der Waals surface area contributed by atoms with Gasteiger partial charge in [-0.15, -0.1) is 0 Å². The second-order valence-corrected chi connectivity index (χ2v) is 4.72. The fourth-order valence-corrected chi connectivity index (χ4v) is 2.56. The van der Waals surface area contributed by atoms with E-state index in [9.17, 15) is 15.0 Å². The van der Waals surface area contributed by atoms with Gasteiger partial charge in [-0.05, 0) is 18.6 Å². The number of carboxylic acid groups (broad SMARTS) is 1. The molecule has 0 saturated carbocycles. The molecule has 3 aromatic rings. The fraction of sp³-hybridized carbons (Fsp3) is 0.125. The summed E-state index contributed by atoms with van der Waals surface area (Å²) >= 11 is 0. The first-order chi connectivity index (χ1) is 10.1. The van der Waals surface area contributed by atoms with Gasteiger partial charge >= 0.3 is 5.97 Å². The lowest BCUT2D eigenvalue weighted by Gasteiger charge is -2.11. The van der Waals surface area contributed by atoms with Crippen LogP contribution >= 0.6 is 0 Å². The average Bonchev–Trinajstić information content (AvgIpc) is 2.91. The Balaban J connectivity index is 2.31. The predicted molar refractivity (Wildman–Crippen MR) is 79.1 cm³/mol. The van der Waals surface area contributed by atoms with E-state index in [0.717, 1.165) is 11.1 Å². The highest BCUT2D eigenvalue weighted by Gasteiger charge is 2.17. The second kappa shape index (κ2) is 4.94. The van der Waals surface area contributed by atoms with E-state index in [4.69, 9.17) is 0 Å². The zero-order valence-corrected chi connectivity index (χ0v) is 11.4. The van der Waals surface area contributed by atoms with Crippen molar-refractivity contribution < 1.29 is 15.0 Å². The number of aromatic carboxylic acids is 1. The Kier molecular flexibility index (Phi) is 3.10. The standard InChI is InChI=1S/C16H14N2O3/c1-2-13-12(16(20)21)9-17-18(13)14-7-3-6-11-10(14)5-4-8-15(11)19/h3-9,19H,2H2,1H3,(H,20,21). The van der Waals surface area contributed by atoms with Crippen LogP contribution in [-0.2, 0) is 6.42 Å². The van der Waals surface area contributed by atoms with Gasteiger partial charge in [0, 0.05) is 10.8 Å². The lowest BCUT2D eigenvalue weighted by Crippen LogP contribution is -2.06.